The van der Waals surface area contributed by atoms with Crippen LogP contribution >= 0.6 is 0 Å². The SMILES string of the molecule is CCCCN(CCN)CC(=O)NCC. The molecule has 0 aliphatic carbocycles. The molecule has 14 heavy (non-hydrogen) atoms. The fourth-order valence-electron chi connectivity index (χ4n) is 1.29. The Morgan fingerprint density at radius 1 is 1.36 bits per heavy atom. The fraction of sp³-hybridized carbons (Fsp3) is 0.900. The molecule has 0 heterocycles. The van der Waals surface area contributed by atoms with Crippen molar-refractivity contribution in [2.45, 2.75) is 26.7 Å². The molecule has 0 atom stereocenters. The van der Waals surface area contributed by atoms with Crippen molar-refractivity contribution in [1.82, 2.24) is 10.2 Å². The molecule has 3 N–H and O–H groups in total. The number of rotatable bonds is 8. The number of nitrogens with one attached hydrogen (secondary N) is 1. The second-order valence-corrected chi connectivity index (χ2v) is 3.37. The zero-order chi connectivity index (χ0) is 10.8. The van der Waals surface area contributed by atoms with E-state index in [4.69, 9.17) is 5.73 Å². The number of hydrogen-bond donors (Lipinski definition) is 2. The second-order valence-electron chi connectivity index (χ2n) is 3.37. The third-order valence-electron chi connectivity index (χ3n) is 2.01. The first-order valence-electron chi connectivity index (χ1n) is 5.43. The van der Waals surface area contributed by atoms with Gasteiger partial charge in [0.25, 0.3) is 0 Å². The van der Waals surface area contributed by atoms with Gasteiger partial charge in [0.05, 0.1) is 6.54 Å². The van der Waals surface area contributed by atoms with Gasteiger partial charge in [0.2, 0.25) is 5.91 Å². The molecule has 0 saturated carbocycles. The van der Waals surface area contributed by atoms with Gasteiger partial charge >= 0.3 is 0 Å². The van der Waals surface area contributed by atoms with Crippen molar-refractivity contribution in [2.24, 2.45) is 5.73 Å². The summed E-state index contributed by atoms with van der Waals surface area (Å²) < 4.78 is 0. The lowest BCUT2D eigenvalue weighted by molar-refractivity contribution is -0.122. The third-order valence-corrected chi connectivity index (χ3v) is 2.01. The van der Waals surface area contributed by atoms with E-state index >= 15 is 0 Å². The van der Waals surface area contributed by atoms with E-state index in [-0.39, 0.29) is 5.91 Å². The van der Waals surface area contributed by atoms with Gasteiger partial charge in [-0.25, -0.2) is 0 Å². The first-order valence-corrected chi connectivity index (χ1v) is 5.43. The first-order chi connectivity index (χ1) is 6.74. The van der Waals surface area contributed by atoms with E-state index in [1.54, 1.807) is 0 Å². The van der Waals surface area contributed by atoms with Crippen LogP contribution in [-0.2, 0) is 4.79 Å². The molecule has 0 aliphatic rings. The Hall–Kier alpha value is -0.610. The predicted octanol–water partition coefficient (Wildman–Crippen LogP) is 0.183. The number of nitrogens with two attached hydrogens (primary N) is 1. The molecule has 1 amide bonds. The van der Waals surface area contributed by atoms with E-state index < -0.39 is 0 Å². The summed E-state index contributed by atoms with van der Waals surface area (Å²) in [6, 6.07) is 0. The molecule has 0 aromatic heterocycles. The highest BCUT2D eigenvalue weighted by Crippen LogP contribution is 1.93. The van der Waals surface area contributed by atoms with Crippen LogP contribution in [-0.4, -0.2) is 43.5 Å². The predicted molar refractivity (Wildman–Crippen MR) is 59.1 cm³/mol. The molecule has 0 aliphatic heterocycles. The van der Waals surface area contributed by atoms with Gasteiger partial charge in [-0.15, -0.1) is 0 Å². The molecule has 84 valence electrons. The normalized spacial score (nSPS) is 10.6. The van der Waals surface area contributed by atoms with Crippen LogP contribution in [0.25, 0.3) is 0 Å². The molecule has 0 aromatic carbocycles. The summed E-state index contributed by atoms with van der Waals surface area (Å²) in [7, 11) is 0. The van der Waals surface area contributed by atoms with Crippen LogP contribution in [0.15, 0.2) is 0 Å². The monoisotopic (exact) mass is 201 g/mol. The molecule has 0 saturated heterocycles. The van der Waals surface area contributed by atoms with Crippen LogP contribution in [0.3, 0.4) is 0 Å². The van der Waals surface area contributed by atoms with Crippen molar-refractivity contribution in [3.8, 4) is 0 Å². The van der Waals surface area contributed by atoms with Gasteiger partial charge in [-0.2, -0.15) is 0 Å². The molecule has 4 nitrogen and oxygen atoms in total. The number of carbonyl (C=O) groups is 1. The minimum Gasteiger partial charge on any atom is -0.355 e. The number of unbranched alkanes of at least 4 members (excludes halogenated alkanes) is 1. The summed E-state index contributed by atoms with van der Waals surface area (Å²) in [5.41, 5.74) is 5.48. The quantitative estimate of drug-likeness (QED) is 0.589. The summed E-state index contributed by atoms with van der Waals surface area (Å²) in [6.07, 6.45) is 2.27. The molecule has 0 aromatic rings. The van der Waals surface area contributed by atoms with E-state index in [2.05, 4.69) is 17.1 Å². The molecular formula is C10H23N3O. The molecule has 0 rings (SSSR count). The number of hydrogen-bond acceptors (Lipinski definition) is 3. The van der Waals surface area contributed by atoms with E-state index in [0.717, 1.165) is 25.9 Å². The summed E-state index contributed by atoms with van der Waals surface area (Å²) in [5.74, 6) is 0.0945. The highest BCUT2D eigenvalue weighted by molar-refractivity contribution is 5.77. The van der Waals surface area contributed by atoms with Gasteiger partial charge in [-0.05, 0) is 19.9 Å². The lowest BCUT2D eigenvalue weighted by Crippen LogP contribution is -2.39. The Bertz CT molecular complexity index is 150. The van der Waals surface area contributed by atoms with Crippen LogP contribution in [0.2, 0.25) is 0 Å². The Morgan fingerprint density at radius 2 is 2.07 bits per heavy atom. The Labute approximate surface area is 86.8 Å². The Kier molecular flexibility index (Phi) is 8.57. The summed E-state index contributed by atoms with van der Waals surface area (Å²) in [4.78, 5) is 13.4. The third kappa shape index (κ3) is 6.86. The van der Waals surface area contributed by atoms with E-state index in [0.29, 0.717) is 19.6 Å². The van der Waals surface area contributed by atoms with Crippen molar-refractivity contribution < 1.29 is 4.79 Å². The molecule has 0 bridgehead atoms. The van der Waals surface area contributed by atoms with Crippen molar-refractivity contribution in [1.29, 1.82) is 0 Å². The van der Waals surface area contributed by atoms with E-state index in [1.165, 1.54) is 0 Å². The van der Waals surface area contributed by atoms with Crippen LogP contribution in [0.4, 0.5) is 0 Å². The summed E-state index contributed by atoms with van der Waals surface area (Å²) in [5, 5.41) is 2.79. The smallest absolute Gasteiger partial charge is 0.234 e. The lowest BCUT2D eigenvalue weighted by atomic mass is 10.3. The van der Waals surface area contributed by atoms with Crippen molar-refractivity contribution >= 4 is 5.91 Å². The largest absolute Gasteiger partial charge is 0.355 e. The average Bonchev–Trinajstić information content (AvgIpc) is 2.15. The van der Waals surface area contributed by atoms with Crippen molar-refractivity contribution in [2.75, 3.05) is 32.7 Å². The molecular weight excluding hydrogens is 178 g/mol. The molecule has 4 heteroatoms. The number of amides is 1. The Morgan fingerprint density at radius 3 is 2.57 bits per heavy atom. The lowest BCUT2D eigenvalue weighted by Gasteiger charge is -2.20. The highest BCUT2D eigenvalue weighted by Gasteiger charge is 2.07. The molecule has 0 spiro atoms. The van der Waals surface area contributed by atoms with Crippen LogP contribution in [0, 0.1) is 0 Å². The number of carbonyl (C=O) groups excluding carboxylic acids is 1. The summed E-state index contributed by atoms with van der Waals surface area (Å²) in [6.45, 7) is 7.63. The number of nitrogens with zero attached hydrogens (tertiary/aromatic N) is 1. The van der Waals surface area contributed by atoms with Gasteiger partial charge < -0.3 is 11.1 Å². The minimum absolute atomic E-state index is 0.0945. The van der Waals surface area contributed by atoms with Gasteiger partial charge in [0.15, 0.2) is 0 Å². The zero-order valence-corrected chi connectivity index (χ0v) is 9.38. The van der Waals surface area contributed by atoms with E-state index in [1.807, 2.05) is 6.92 Å². The fourth-order valence-corrected chi connectivity index (χ4v) is 1.29. The van der Waals surface area contributed by atoms with Crippen LogP contribution in [0.5, 0.6) is 0 Å². The second kappa shape index (κ2) is 8.97. The molecule has 0 unspecified atom stereocenters. The average molecular weight is 201 g/mol. The van der Waals surface area contributed by atoms with Gasteiger partial charge in [0, 0.05) is 19.6 Å². The highest BCUT2D eigenvalue weighted by atomic mass is 16.2. The van der Waals surface area contributed by atoms with Gasteiger partial charge in [0.1, 0.15) is 0 Å². The van der Waals surface area contributed by atoms with Crippen molar-refractivity contribution in [3.63, 3.8) is 0 Å². The first kappa shape index (κ1) is 13.4. The van der Waals surface area contributed by atoms with Crippen molar-refractivity contribution in [3.05, 3.63) is 0 Å². The standard InChI is InChI=1S/C10H23N3O/c1-3-5-7-13(8-6-11)9-10(14)12-4-2/h3-9,11H2,1-2H3,(H,12,14). The summed E-state index contributed by atoms with van der Waals surface area (Å²) >= 11 is 0. The number of likely N-dealkylation sites (N-methyl/N-ethyl adjacent to an activating group) is 1. The van der Waals surface area contributed by atoms with Gasteiger partial charge in [-0.3, -0.25) is 9.69 Å². The zero-order valence-electron chi connectivity index (χ0n) is 9.38. The minimum atomic E-state index is 0.0945. The topological polar surface area (TPSA) is 58.4 Å². The maximum atomic E-state index is 11.3. The van der Waals surface area contributed by atoms with E-state index in [9.17, 15) is 4.79 Å². The van der Waals surface area contributed by atoms with Crippen LogP contribution in [0.1, 0.15) is 26.7 Å². The Balaban J connectivity index is 3.75. The van der Waals surface area contributed by atoms with Gasteiger partial charge in [-0.1, -0.05) is 13.3 Å². The molecule has 0 radical (unpaired) electrons. The molecule has 0 fully saturated rings. The van der Waals surface area contributed by atoms with Crippen LogP contribution < -0.4 is 11.1 Å². The maximum absolute atomic E-state index is 11.3. The maximum Gasteiger partial charge on any atom is 0.234 e.